The highest BCUT2D eigenvalue weighted by molar-refractivity contribution is 6.02. The van der Waals surface area contributed by atoms with Crippen LogP contribution in [0.3, 0.4) is 0 Å². The van der Waals surface area contributed by atoms with Gasteiger partial charge in [-0.15, -0.1) is 0 Å². The molecule has 0 saturated carbocycles. The molecule has 0 atom stereocenters. The van der Waals surface area contributed by atoms with Crippen molar-refractivity contribution in [1.29, 1.82) is 0 Å². The van der Waals surface area contributed by atoms with Gasteiger partial charge in [-0.2, -0.15) is 0 Å². The summed E-state index contributed by atoms with van der Waals surface area (Å²) in [4.78, 5) is 17.4. The average Bonchev–Trinajstić information content (AvgIpc) is 2.91. The lowest BCUT2D eigenvalue weighted by Gasteiger charge is -1.98. The topological polar surface area (TPSA) is 84.9 Å². The van der Waals surface area contributed by atoms with E-state index < -0.39 is 0 Å². The predicted molar refractivity (Wildman–Crippen MR) is 68.6 cm³/mol. The number of aromatic amines is 1. The fourth-order valence-corrected chi connectivity index (χ4v) is 1.50. The Morgan fingerprint density at radius 2 is 2.00 bits per heavy atom. The fraction of sp³-hybridized carbons (Fsp3) is 0.0769. The highest BCUT2D eigenvalue weighted by Crippen LogP contribution is 1.94. The molecule has 1 aromatic carbocycles. The van der Waals surface area contributed by atoms with E-state index in [0.29, 0.717) is 12.2 Å². The monoisotopic (exact) mass is 243 g/mol. The minimum Gasteiger partial charge on any atom is -0.356 e. The van der Waals surface area contributed by atoms with Gasteiger partial charge in [0.2, 0.25) is 0 Å². The van der Waals surface area contributed by atoms with Crippen LogP contribution in [-0.4, -0.2) is 16.9 Å². The van der Waals surface area contributed by atoms with Gasteiger partial charge in [0.25, 0.3) is 0 Å². The maximum atomic E-state index is 11.6. The first-order valence-electron chi connectivity index (χ1n) is 5.60. The van der Waals surface area contributed by atoms with E-state index in [0.717, 1.165) is 5.56 Å². The zero-order valence-electron chi connectivity index (χ0n) is 9.81. The van der Waals surface area contributed by atoms with Crippen LogP contribution < -0.4 is 16.0 Å². The first-order chi connectivity index (χ1) is 8.75. The first-order valence-corrected chi connectivity index (χ1v) is 5.60. The molecule has 0 aliphatic rings. The zero-order chi connectivity index (χ0) is 12.8. The minimum atomic E-state index is -0.266. The Labute approximate surface area is 105 Å². The molecule has 92 valence electrons. The molecule has 0 saturated heterocycles. The lowest BCUT2D eigenvalue weighted by molar-refractivity contribution is -0.478. The van der Waals surface area contributed by atoms with Crippen LogP contribution in [0.2, 0.25) is 0 Å². The second-order valence-corrected chi connectivity index (χ2v) is 3.79. The fourth-order valence-electron chi connectivity index (χ4n) is 1.50. The van der Waals surface area contributed by atoms with Gasteiger partial charge in [0.1, 0.15) is 5.69 Å². The van der Waals surface area contributed by atoms with E-state index in [1.165, 1.54) is 0 Å². The van der Waals surface area contributed by atoms with Crippen molar-refractivity contribution < 1.29 is 9.79 Å². The van der Waals surface area contributed by atoms with Crippen molar-refractivity contribution in [2.45, 2.75) is 6.54 Å². The van der Waals surface area contributed by atoms with E-state index in [4.69, 9.17) is 5.73 Å². The maximum absolute atomic E-state index is 11.6. The molecule has 2 aromatic rings. The number of hydrogen-bond acceptors (Lipinski definition) is 1. The quantitative estimate of drug-likeness (QED) is 0.426. The van der Waals surface area contributed by atoms with Crippen LogP contribution in [0.4, 0.5) is 0 Å². The second kappa shape index (κ2) is 5.67. The third kappa shape index (κ3) is 3.21. The van der Waals surface area contributed by atoms with Crippen LogP contribution in [0.5, 0.6) is 0 Å². The summed E-state index contributed by atoms with van der Waals surface area (Å²) in [5, 5.41) is 2.57. The van der Waals surface area contributed by atoms with Crippen molar-refractivity contribution >= 4 is 11.9 Å². The summed E-state index contributed by atoms with van der Waals surface area (Å²) in [5.74, 6) is -0.0310. The van der Waals surface area contributed by atoms with E-state index in [9.17, 15) is 4.79 Å². The van der Waals surface area contributed by atoms with Gasteiger partial charge >= 0.3 is 11.9 Å². The Hall–Kier alpha value is -2.56. The maximum Gasteiger partial charge on any atom is 0.348 e. The Morgan fingerprint density at radius 1 is 1.22 bits per heavy atom. The molecular weight excluding hydrogens is 228 g/mol. The Morgan fingerprint density at radius 3 is 2.67 bits per heavy atom. The number of aromatic nitrogens is 1. The zero-order valence-corrected chi connectivity index (χ0v) is 9.81. The molecule has 0 unspecified atom stereocenters. The Balaban J connectivity index is 1.92. The number of carbonyl (C=O) groups excluding carboxylic acids is 1. The molecule has 5 heteroatoms. The van der Waals surface area contributed by atoms with Crippen LogP contribution in [0, 0.1) is 0 Å². The highest BCUT2D eigenvalue weighted by Gasteiger charge is 2.11. The summed E-state index contributed by atoms with van der Waals surface area (Å²) < 4.78 is 0. The van der Waals surface area contributed by atoms with Gasteiger partial charge in [0, 0.05) is 6.20 Å². The molecule has 0 fully saturated rings. The molecule has 0 aliphatic carbocycles. The average molecular weight is 243 g/mol. The lowest BCUT2D eigenvalue weighted by Crippen LogP contribution is -2.77. The number of nitrogens with one attached hydrogen (secondary N) is 3. The van der Waals surface area contributed by atoms with Crippen molar-refractivity contribution in [1.82, 2.24) is 10.3 Å². The van der Waals surface area contributed by atoms with Gasteiger partial charge in [-0.1, -0.05) is 30.3 Å². The number of rotatable bonds is 3. The van der Waals surface area contributed by atoms with E-state index in [1.54, 1.807) is 18.3 Å². The molecular formula is C13H15N4O+. The van der Waals surface area contributed by atoms with Gasteiger partial charge in [-0.05, 0) is 17.7 Å². The lowest BCUT2D eigenvalue weighted by atomic mass is 10.2. The number of benzene rings is 1. The Bertz CT molecular complexity index is 531. The van der Waals surface area contributed by atoms with Crippen LogP contribution in [0.25, 0.3) is 0 Å². The van der Waals surface area contributed by atoms with Gasteiger partial charge in [-0.3, -0.25) is 10.7 Å². The summed E-state index contributed by atoms with van der Waals surface area (Å²) in [5.41, 5.74) is 7.25. The third-order valence-corrected chi connectivity index (χ3v) is 2.42. The molecule has 0 bridgehead atoms. The smallest absolute Gasteiger partial charge is 0.348 e. The summed E-state index contributed by atoms with van der Waals surface area (Å²) in [6, 6.07) is 13.2. The summed E-state index contributed by atoms with van der Waals surface area (Å²) in [6.45, 7) is 0.567. The van der Waals surface area contributed by atoms with E-state index in [1.807, 2.05) is 30.3 Å². The number of hydrogen-bond donors (Lipinski definition) is 4. The van der Waals surface area contributed by atoms with Crippen LogP contribution in [0.15, 0.2) is 48.7 Å². The van der Waals surface area contributed by atoms with Crippen molar-refractivity contribution in [3.05, 3.63) is 59.9 Å². The summed E-state index contributed by atoms with van der Waals surface area (Å²) >= 11 is 0. The van der Waals surface area contributed by atoms with E-state index >= 15 is 0 Å². The molecule has 0 aliphatic heterocycles. The van der Waals surface area contributed by atoms with Crippen molar-refractivity contribution in [2.75, 3.05) is 0 Å². The van der Waals surface area contributed by atoms with Crippen molar-refractivity contribution in [3.63, 3.8) is 0 Å². The molecule has 0 spiro atoms. The second-order valence-electron chi connectivity index (χ2n) is 3.79. The molecule has 1 heterocycles. The molecule has 5 nitrogen and oxygen atoms in total. The predicted octanol–water partition coefficient (Wildman–Crippen LogP) is -0.660. The number of H-pyrrole nitrogens is 1. The number of guanidine groups is 1. The minimum absolute atomic E-state index is 0.235. The van der Waals surface area contributed by atoms with Crippen LogP contribution in [-0.2, 0) is 6.54 Å². The molecule has 1 aromatic heterocycles. The molecule has 2 rings (SSSR count). The normalized spacial score (nSPS) is 11.2. The number of nitrogens with two attached hydrogens (primary N) is 1. The highest BCUT2D eigenvalue weighted by atomic mass is 16.2. The van der Waals surface area contributed by atoms with E-state index in [2.05, 4.69) is 15.3 Å². The number of carbonyl (C=O) groups is 1. The van der Waals surface area contributed by atoms with Gasteiger partial charge in [0.05, 0.1) is 6.54 Å². The summed E-state index contributed by atoms with van der Waals surface area (Å²) in [7, 11) is 0. The molecule has 1 amide bonds. The van der Waals surface area contributed by atoms with Crippen LogP contribution in [0.1, 0.15) is 16.1 Å². The van der Waals surface area contributed by atoms with Gasteiger partial charge in [-0.25, -0.2) is 10.1 Å². The molecule has 18 heavy (non-hydrogen) atoms. The number of amides is 1. The molecule has 0 radical (unpaired) electrons. The van der Waals surface area contributed by atoms with Crippen LogP contribution >= 0.6 is 0 Å². The van der Waals surface area contributed by atoms with Gasteiger partial charge < -0.3 is 4.98 Å². The SMILES string of the molecule is NC(NC(=O)c1ccc[nH]1)=[NH+]Cc1ccccc1. The largest absolute Gasteiger partial charge is 0.356 e. The van der Waals surface area contributed by atoms with Crippen molar-refractivity contribution in [2.24, 2.45) is 5.73 Å². The van der Waals surface area contributed by atoms with E-state index in [-0.39, 0.29) is 11.9 Å². The molecule has 5 N–H and O–H groups in total. The van der Waals surface area contributed by atoms with Crippen molar-refractivity contribution in [3.8, 4) is 0 Å². The summed E-state index contributed by atoms with van der Waals surface area (Å²) in [6.07, 6.45) is 1.68. The Kier molecular flexibility index (Phi) is 3.76. The first kappa shape index (κ1) is 11.9. The van der Waals surface area contributed by atoms with Gasteiger partial charge in [0.15, 0.2) is 0 Å². The standard InChI is InChI=1S/C13H14N4O/c14-13(16-9-10-5-2-1-3-6-10)17-12(18)11-7-4-8-15-11/h1-8,15H,9H2,(H3,14,16,17,18)/p+1. The third-order valence-electron chi connectivity index (χ3n) is 2.42.